The van der Waals surface area contributed by atoms with Gasteiger partial charge in [-0.25, -0.2) is 0 Å². The molecule has 0 saturated carbocycles. The van der Waals surface area contributed by atoms with Crippen LogP contribution in [0.4, 0.5) is 0 Å². The number of amides is 1. The molecule has 102 valence electrons. The van der Waals surface area contributed by atoms with E-state index in [1.807, 2.05) is 0 Å². The zero-order valence-electron chi connectivity index (χ0n) is 11.5. The Bertz CT molecular complexity index is 238. The molecule has 0 radical (unpaired) electrons. The third kappa shape index (κ3) is 7.61. The number of piperidine rings is 1. The summed E-state index contributed by atoms with van der Waals surface area (Å²) in [6.07, 6.45) is 3.73. The van der Waals surface area contributed by atoms with E-state index in [2.05, 4.69) is 38.3 Å². The van der Waals surface area contributed by atoms with E-state index in [0.29, 0.717) is 18.5 Å². The lowest BCUT2D eigenvalue weighted by atomic mass is 9.90. The van der Waals surface area contributed by atoms with Crippen LogP contribution in [0.3, 0.4) is 0 Å². The normalized spacial score (nSPS) is 24.9. The van der Waals surface area contributed by atoms with Gasteiger partial charge in [-0.15, -0.1) is 12.4 Å². The number of hydrogen-bond acceptors (Lipinski definition) is 2. The van der Waals surface area contributed by atoms with Crippen molar-refractivity contribution in [3.63, 3.8) is 0 Å². The van der Waals surface area contributed by atoms with E-state index in [1.165, 1.54) is 0 Å². The van der Waals surface area contributed by atoms with Crippen LogP contribution in [-0.4, -0.2) is 24.5 Å². The zero-order chi connectivity index (χ0) is 12.2. The van der Waals surface area contributed by atoms with Crippen molar-refractivity contribution in [1.29, 1.82) is 0 Å². The number of halogens is 1. The monoisotopic (exact) mass is 262 g/mol. The van der Waals surface area contributed by atoms with Crippen LogP contribution in [0.25, 0.3) is 0 Å². The van der Waals surface area contributed by atoms with Crippen molar-refractivity contribution >= 4 is 18.3 Å². The molecule has 2 unspecified atom stereocenters. The summed E-state index contributed by atoms with van der Waals surface area (Å²) in [6.45, 7) is 9.71. The van der Waals surface area contributed by atoms with Gasteiger partial charge in [0, 0.05) is 18.5 Å². The number of carbonyl (C=O) groups is 1. The fourth-order valence-electron chi connectivity index (χ4n) is 2.05. The zero-order valence-corrected chi connectivity index (χ0v) is 12.3. The molecule has 1 fully saturated rings. The molecule has 2 atom stereocenters. The summed E-state index contributed by atoms with van der Waals surface area (Å²) in [6, 6.07) is 0.908. The predicted octanol–water partition coefficient (Wildman–Crippen LogP) is 2.49. The average Bonchev–Trinajstić information content (AvgIpc) is 2.14. The van der Waals surface area contributed by atoms with E-state index < -0.39 is 0 Å². The lowest BCUT2D eigenvalue weighted by Gasteiger charge is -2.29. The van der Waals surface area contributed by atoms with Gasteiger partial charge in [0.05, 0.1) is 0 Å². The summed E-state index contributed by atoms with van der Waals surface area (Å²) in [5.41, 5.74) is 0.249. The molecule has 1 amide bonds. The second-order valence-electron chi connectivity index (χ2n) is 6.20. The first kappa shape index (κ1) is 16.7. The van der Waals surface area contributed by atoms with Gasteiger partial charge in [0.15, 0.2) is 0 Å². The van der Waals surface area contributed by atoms with E-state index in [-0.39, 0.29) is 23.7 Å². The Kier molecular flexibility index (Phi) is 7.10. The van der Waals surface area contributed by atoms with Gasteiger partial charge in [-0.2, -0.15) is 0 Å². The molecule has 2 N–H and O–H groups in total. The Morgan fingerprint density at radius 3 is 2.59 bits per heavy atom. The molecule has 0 aromatic heterocycles. The highest BCUT2D eigenvalue weighted by Gasteiger charge is 2.20. The summed E-state index contributed by atoms with van der Waals surface area (Å²) >= 11 is 0. The molecule has 0 aliphatic carbocycles. The van der Waals surface area contributed by atoms with Gasteiger partial charge in [0.25, 0.3) is 0 Å². The van der Waals surface area contributed by atoms with Gasteiger partial charge in [-0.05, 0) is 38.1 Å². The Morgan fingerprint density at radius 1 is 1.41 bits per heavy atom. The number of hydrogen-bond donors (Lipinski definition) is 2. The first-order valence-electron chi connectivity index (χ1n) is 6.39. The molecule has 1 aliphatic rings. The molecule has 1 rings (SSSR count). The highest BCUT2D eigenvalue weighted by atomic mass is 35.5. The van der Waals surface area contributed by atoms with Crippen LogP contribution in [-0.2, 0) is 4.79 Å². The fraction of sp³-hybridized carbons (Fsp3) is 0.923. The highest BCUT2D eigenvalue weighted by molar-refractivity contribution is 5.85. The first-order chi connectivity index (χ1) is 7.37. The van der Waals surface area contributed by atoms with Crippen molar-refractivity contribution in [3.05, 3.63) is 0 Å². The predicted molar refractivity (Wildman–Crippen MR) is 74.6 cm³/mol. The van der Waals surface area contributed by atoms with Gasteiger partial charge in [-0.1, -0.05) is 20.8 Å². The molecular formula is C13H27ClN2O. The van der Waals surface area contributed by atoms with E-state index in [0.717, 1.165) is 25.8 Å². The summed E-state index contributed by atoms with van der Waals surface area (Å²) in [4.78, 5) is 11.7. The second kappa shape index (κ2) is 7.22. The van der Waals surface area contributed by atoms with Gasteiger partial charge in [0.1, 0.15) is 0 Å². The standard InChI is InChI=1S/C13H26N2O.ClH/c1-10-9-11(6-8-14-10)15-12(16)5-7-13(2,3)4;/h10-11,14H,5-9H2,1-4H3,(H,15,16);1H. The maximum atomic E-state index is 11.7. The van der Waals surface area contributed by atoms with Crippen LogP contribution >= 0.6 is 12.4 Å². The summed E-state index contributed by atoms with van der Waals surface area (Å²) < 4.78 is 0. The van der Waals surface area contributed by atoms with Crippen LogP contribution in [0.1, 0.15) is 53.4 Å². The van der Waals surface area contributed by atoms with E-state index in [4.69, 9.17) is 0 Å². The van der Waals surface area contributed by atoms with Crippen LogP contribution in [0.5, 0.6) is 0 Å². The fourth-order valence-corrected chi connectivity index (χ4v) is 2.05. The first-order valence-corrected chi connectivity index (χ1v) is 6.39. The Morgan fingerprint density at radius 2 is 2.06 bits per heavy atom. The molecule has 1 aliphatic heterocycles. The largest absolute Gasteiger partial charge is 0.353 e. The van der Waals surface area contributed by atoms with Gasteiger partial charge < -0.3 is 10.6 Å². The van der Waals surface area contributed by atoms with Gasteiger partial charge in [0.2, 0.25) is 5.91 Å². The smallest absolute Gasteiger partial charge is 0.220 e. The van der Waals surface area contributed by atoms with Crippen LogP contribution in [0.2, 0.25) is 0 Å². The number of rotatable bonds is 3. The Balaban J connectivity index is 0.00000256. The van der Waals surface area contributed by atoms with Gasteiger partial charge in [-0.3, -0.25) is 4.79 Å². The molecule has 0 aromatic carbocycles. The quantitative estimate of drug-likeness (QED) is 0.821. The number of nitrogens with one attached hydrogen (secondary N) is 2. The third-order valence-corrected chi connectivity index (χ3v) is 3.09. The topological polar surface area (TPSA) is 41.1 Å². The van der Waals surface area contributed by atoms with Crippen molar-refractivity contribution in [1.82, 2.24) is 10.6 Å². The molecule has 4 heteroatoms. The minimum absolute atomic E-state index is 0. The minimum Gasteiger partial charge on any atom is -0.353 e. The molecule has 17 heavy (non-hydrogen) atoms. The average molecular weight is 263 g/mol. The van der Waals surface area contributed by atoms with Gasteiger partial charge >= 0.3 is 0 Å². The summed E-state index contributed by atoms with van der Waals surface area (Å²) in [5, 5.41) is 6.53. The molecular weight excluding hydrogens is 236 g/mol. The number of carbonyl (C=O) groups excluding carboxylic acids is 1. The summed E-state index contributed by atoms with van der Waals surface area (Å²) in [5.74, 6) is 0.217. The SMILES string of the molecule is CC1CC(NC(=O)CCC(C)(C)C)CCN1.Cl. The lowest BCUT2D eigenvalue weighted by Crippen LogP contribution is -2.46. The maximum absolute atomic E-state index is 11.7. The van der Waals surface area contributed by atoms with E-state index in [1.54, 1.807) is 0 Å². The second-order valence-corrected chi connectivity index (χ2v) is 6.20. The molecule has 3 nitrogen and oxygen atoms in total. The maximum Gasteiger partial charge on any atom is 0.220 e. The Hall–Kier alpha value is -0.280. The molecule has 1 heterocycles. The van der Waals surface area contributed by atoms with E-state index in [9.17, 15) is 4.79 Å². The van der Waals surface area contributed by atoms with Crippen molar-refractivity contribution in [2.75, 3.05) is 6.54 Å². The Labute approximate surface area is 112 Å². The van der Waals surface area contributed by atoms with Crippen LogP contribution < -0.4 is 10.6 Å². The van der Waals surface area contributed by atoms with Crippen molar-refractivity contribution in [3.8, 4) is 0 Å². The van der Waals surface area contributed by atoms with Crippen molar-refractivity contribution in [2.24, 2.45) is 5.41 Å². The lowest BCUT2D eigenvalue weighted by molar-refractivity contribution is -0.122. The van der Waals surface area contributed by atoms with Crippen molar-refractivity contribution in [2.45, 2.75) is 65.5 Å². The molecule has 0 bridgehead atoms. The van der Waals surface area contributed by atoms with Crippen molar-refractivity contribution < 1.29 is 4.79 Å². The third-order valence-electron chi connectivity index (χ3n) is 3.09. The molecule has 0 spiro atoms. The minimum atomic E-state index is 0. The molecule has 1 saturated heterocycles. The molecule has 0 aromatic rings. The van der Waals surface area contributed by atoms with Crippen LogP contribution in [0.15, 0.2) is 0 Å². The van der Waals surface area contributed by atoms with E-state index >= 15 is 0 Å². The summed E-state index contributed by atoms with van der Waals surface area (Å²) in [7, 11) is 0. The van der Waals surface area contributed by atoms with Crippen LogP contribution in [0, 0.1) is 5.41 Å². The highest BCUT2D eigenvalue weighted by Crippen LogP contribution is 2.20.